The average molecular weight is 507 g/mol. The smallest absolute Gasteiger partial charge is 0.179 e. The van der Waals surface area contributed by atoms with E-state index in [1.807, 2.05) is 25.0 Å². The lowest BCUT2D eigenvalue weighted by Crippen LogP contribution is -2.82. The summed E-state index contributed by atoms with van der Waals surface area (Å²) in [5.41, 5.74) is 0.690. The van der Waals surface area contributed by atoms with Gasteiger partial charge in [0.15, 0.2) is 17.7 Å². The summed E-state index contributed by atoms with van der Waals surface area (Å²) in [5.74, 6) is 1.56. The van der Waals surface area contributed by atoms with Gasteiger partial charge in [-0.25, -0.2) is 0 Å². The first-order valence-corrected chi connectivity index (χ1v) is 14.1. The Morgan fingerprint density at radius 2 is 2.14 bits per heavy atom. The Kier molecular flexibility index (Phi) is 4.71. The number of nitrogens with zero attached hydrogens (tertiary/aromatic N) is 2. The lowest BCUT2D eigenvalue weighted by atomic mass is 9.33. The number of thiophene rings is 1. The Morgan fingerprint density at radius 1 is 1.28 bits per heavy atom. The highest BCUT2D eigenvalue weighted by molar-refractivity contribution is 7.09. The molecule has 4 aliphatic carbocycles. The minimum atomic E-state index is -0.927. The number of rotatable bonds is 6. The largest absolute Gasteiger partial charge is 0.493 e. The van der Waals surface area contributed by atoms with Gasteiger partial charge in [0.2, 0.25) is 0 Å². The molecule has 190 valence electrons. The van der Waals surface area contributed by atoms with Gasteiger partial charge in [0.1, 0.15) is 11.7 Å². The van der Waals surface area contributed by atoms with Gasteiger partial charge in [-0.3, -0.25) is 0 Å². The lowest BCUT2D eigenvalue weighted by Gasteiger charge is -2.74. The van der Waals surface area contributed by atoms with Crippen molar-refractivity contribution in [3.63, 3.8) is 0 Å². The van der Waals surface area contributed by atoms with Crippen molar-refractivity contribution in [1.82, 2.24) is 4.90 Å². The topological polar surface area (TPSA) is 75.0 Å². The number of hydrogen-bond donors (Lipinski definition) is 1. The van der Waals surface area contributed by atoms with E-state index < -0.39 is 11.2 Å². The molecule has 6 aliphatic rings. The van der Waals surface area contributed by atoms with Crippen LogP contribution in [0, 0.1) is 22.8 Å². The van der Waals surface area contributed by atoms with Gasteiger partial charge in [0.05, 0.1) is 12.7 Å². The molecule has 0 radical (unpaired) electrons. The van der Waals surface area contributed by atoms with E-state index in [1.54, 1.807) is 18.4 Å². The predicted octanol–water partition coefficient (Wildman–Crippen LogP) is 4.44. The lowest BCUT2D eigenvalue weighted by molar-refractivity contribution is -0.299. The number of benzene rings is 1. The Bertz CT molecular complexity index is 1250. The van der Waals surface area contributed by atoms with E-state index in [0.29, 0.717) is 6.42 Å². The predicted molar refractivity (Wildman–Crippen MR) is 136 cm³/mol. The van der Waals surface area contributed by atoms with Crippen LogP contribution in [0.25, 0.3) is 0 Å². The number of methoxy groups -OCH3 is 2. The third-order valence-corrected chi connectivity index (χ3v) is 11.8. The Hall–Kier alpha value is -2.27. The molecule has 2 spiro atoms. The fourth-order valence-electron chi connectivity index (χ4n) is 9.46. The maximum absolute atomic E-state index is 12.2. The van der Waals surface area contributed by atoms with Crippen LogP contribution in [0.4, 0.5) is 0 Å². The molecule has 8 rings (SSSR count). The number of piperidine rings is 1. The van der Waals surface area contributed by atoms with E-state index in [-0.39, 0.29) is 28.9 Å². The molecule has 1 saturated heterocycles. The van der Waals surface area contributed by atoms with Crippen molar-refractivity contribution < 1.29 is 19.3 Å². The summed E-state index contributed by atoms with van der Waals surface area (Å²) in [6.45, 7) is 2.74. The molecule has 1 aromatic carbocycles. The highest BCUT2D eigenvalue weighted by atomic mass is 32.1. The summed E-state index contributed by atoms with van der Waals surface area (Å²) in [7, 11) is 3.52. The fourth-order valence-corrected chi connectivity index (χ4v) is 10.2. The molecule has 0 amide bonds. The second-order valence-electron chi connectivity index (χ2n) is 11.9. The number of likely N-dealkylation sites (tertiary alicyclic amines) is 1. The van der Waals surface area contributed by atoms with Crippen molar-refractivity contribution in [1.29, 1.82) is 5.26 Å². The van der Waals surface area contributed by atoms with Gasteiger partial charge in [0.25, 0.3) is 0 Å². The summed E-state index contributed by atoms with van der Waals surface area (Å²) in [6.07, 6.45) is 8.22. The van der Waals surface area contributed by atoms with E-state index in [1.165, 1.54) is 16.0 Å². The summed E-state index contributed by atoms with van der Waals surface area (Å²) in [4.78, 5) is 3.33. The second kappa shape index (κ2) is 7.40. The Labute approximate surface area is 216 Å². The van der Waals surface area contributed by atoms with E-state index in [9.17, 15) is 10.4 Å². The first-order chi connectivity index (χ1) is 17.4. The molecule has 7 atom stereocenters. The summed E-state index contributed by atoms with van der Waals surface area (Å²) >= 11 is 1.75. The first kappa shape index (κ1) is 22.9. The zero-order valence-corrected chi connectivity index (χ0v) is 22.1. The average Bonchev–Trinajstić information content (AvgIpc) is 3.54. The molecule has 1 unspecified atom stereocenters. The number of nitriles is 1. The normalized spacial score (nSPS) is 38.6. The molecule has 1 N–H and O–H groups in total. The fraction of sp³-hybridized carbons (Fsp3) is 0.621. The maximum Gasteiger partial charge on any atom is 0.179 e. The van der Waals surface area contributed by atoms with Crippen LogP contribution in [-0.2, 0) is 23.0 Å². The van der Waals surface area contributed by atoms with Crippen LogP contribution in [-0.4, -0.2) is 54.1 Å². The van der Waals surface area contributed by atoms with Crippen LogP contribution in [0.3, 0.4) is 0 Å². The monoisotopic (exact) mass is 506 g/mol. The molecule has 2 aliphatic heterocycles. The molecule has 3 saturated carbocycles. The van der Waals surface area contributed by atoms with Crippen molar-refractivity contribution in [2.45, 2.75) is 80.6 Å². The van der Waals surface area contributed by atoms with E-state index in [0.717, 1.165) is 56.6 Å². The maximum atomic E-state index is 12.2. The zero-order chi connectivity index (χ0) is 24.9. The molecule has 7 heteroatoms. The molecule has 6 nitrogen and oxygen atoms in total. The molecule has 1 aromatic heterocycles. The standard InChI is InChI=1S/C29H34N2O4S/c1-26(32,9-8-19-5-4-14-36-19)21-16-27-10-11-29(21,34-3)25-28(27)12-13-31(17-30)22(27)15-18-6-7-20(33-2)24(35-25)23(18)28/h4-7,14,21-22,25,32H,8-13,15-16H2,1-3H3/t21?,22-,25-,26-,27-,28+,29+/m1/s1. The highest BCUT2D eigenvalue weighted by Crippen LogP contribution is 2.77. The van der Waals surface area contributed by atoms with Gasteiger partial charge in [-0.15, -0.1) is 11.3 Å². The molecular weight excluding hydrogens is 472 g/mol. The molecular formula is C29H34N2O4S. The van der Waals surface area contributed by atoms with Crippen LogP contribution in [0.2, 0.25) is 0 Å². The van der Waals surface area contributed by atoms with Crippen molar-refractivity contribution in [2.75, 3.05) is 20.8 Å². The number of aryl methyl sites for hydroxylation is 1. The van der Waals surface area contributed by atoms with Crippen molar-refractivity contribution >= 4 is 11.3 Å². The van der Waals surface area contributed by atoms with E-state index in [2.05, 4.69) is 29.8 Å². The summed E-state index contributed by atoms with van der Waals surface area (Å²) in [6, 6.07) is 8.53. The van der Waals surface area contributed by atoms with E-state index in [4.69, 9.17) is 14.2 Å². The quantitative estimate of drug-likeness (QED) is 0.584. The minimum Gasteiger partial charge on any atom is -0.493 e. The van der Waals surface area contributed by atoms with Crippen molar-refractivity contribution in [3.05, 3.63) is 45.6 Å². The highest BCUT2D eigenvalue weighted by Gasteiger charge is 2.82. The number of fused-ring (bicyclic) bond motifs is 2. The number of ether oxygens (including phenoxy) is 3. The van der Waals surface area contributed by atoms with Crippen LogP contribution < -0.4 is 9.47 Å². The van der Waals surface area contributed by atoms with Crippen molar-refractivity contribution in [2.24, 2.45) is 11.3 Å². The van der Waals surface area contributed by atoms with Gasteiger partial charge < -0.3 is 24.2 Å². The van der Waals surface area contributed by atoms with Crippen LogP contribution >= 0.6 is 11.3 Å². The first-order valence-electron chi connectivity index (χ1n) is 13.2. The number of hydrogen-bond acceptors (Lipinski definition) is 7. The van der Waals surface area contributed by atoms with Crippen LogP contribution in [0.15, 0.2) is 29.6 Å². The molecule has 3 heterocycles. The summed E-state index contributed by atoms with van der Waals surface area (Å²) in [5, 5.41) is 24.5. The molecule has 36 heavy (non-hydrogen) atoms. The zero-order valence-electron chi connectivity index (χ0n) is 21.3. The molecule has 4 bridgehead atoms. The Morgan fingerprint density at radius 3 is 2.86 bits per heavy atom. The molecule has 4 fully saturated rings. The number of aliphatic hydroxyl groups is 1. The van der Waals surface area contributed by atoms with Crippen LogP contribution in [0.1, 0.15) is 55.0 Å². The summed E-state index contributed by atoms with van der Waals surface area (Å²) < 4.78 is 19.4. The second-order valence-corrected chi connectivity index (χ2v) is 12.9. The van der Waals surface area contributed by atoms with Gasteiger partial charge in [-0.05, 0) is 74.9 Å². The van der Waals surface area contributed by atoms with Gasteiger partial charge >= 0.3 is 0 Å². The van der Waals surface area contributed by atoms with Crippen LogP contribution in [0.5, 0.6) is 11.5 Å². The third kappa shape index (κ3) is 2.49. The van der Waals surface area contributed by atoms with Gasteiger partial charge in [0, 0.05) is 46.9 Å². The third-order valence-electron chi connectivity index (χ3n) is 10.9. The van der Waals surface area contributed by atoms with Gasteiger partial charge in [-0.2, -0.15) is 5.26 Å². The SMILES string of the molecule is COc1ccc2c3c1O[C@H]1[C@]4(OC)CC[C@@]5(CC4[C@](C)(O)CCc4cccs4)[C@@H](C2)N(C#N)CC[C@]315. The minimum absolute atomic E-state index is 0.0927. The van der Waals surface area contributed by atoms with Crippen molar-refractivity contribution in [3.8, 4) is 17.7 Å². The Balaban J connectivity index is 1.41. The molecule has 2 aromatic rings. The van der Waals surface area contributed by atoms with E-state index >= 15 is 0 Å². The van der Waals surface area contributed by atoms with Gasteiger partial charge in [-0.1, -0.05) is 12.1 Å².